The summed E-state index contributed by atoms with van der Waals surface area (Å²) in [7, 11) is 1.66. The fourth-order valence-electron chi connectivity index (χ4n) is 4.07. The van der Waals surface area contributed by atoms with Crippen molar-refractivity contribution in [2.75, 3.05) is 33.4 Å². The highest BCUT2D eigenvalue weighted by molar-refractivity contribution is 5.36. The molecule has 0 spiro atoms. The first-order valence-corrected chi connectivity index (χ1v) is 10.4. The minimum absolute atomic E-state index is 0.235. The van der Waals surface area contributed by atoms with Gasteiger partial charge in [-0.3, -0.25) is 4.90 Å². The Kier molecular flexibility index (Phi) is 6.16. The van der Waals surface area contributed by atoms with Gasteiger partial charge in [0, 0.05) is 36.9 Å². The fourth-order valence-corrected chi connectivity index (χ4v) is 4.07. The number of piperidine rings is 1. The van der Waals surface area contributed by atoms with Gasteiger partial charge >= 0.3 is 0 Å². The number of fused-ring (bicyclic) bond motifs is 1. The predicted molar refractivity (Wildman–Crippen MR) is 111 cm³/mol. The lowest BCUT2D eigenvalue weighted by Gasteiger charge is -2.37. The minimum atomic E-state index is 0.235. The summed E-state index contributed by atoms with van der Waals surface area (Å²) in [5.74, 6) is 2.04. The molecule has 2 atom stereocenters. The van der Waals surface area contributed by atoms with Gasteiger partial charge < -0.3 is 19.5 Å². The van der Waals surface area contributed by atoms with Gasteiger partial charge in [-0.05, 0) is 57.0 Å². The van der Waals surface area contributed by atoms with Gasteiger partial charge in [0.2, 0.25) is 5.88 Å². The molecule has 2 aliphatic heterocycles. The van der Waals surface area contributed by atoms with Crippen molar-refractivity contribution in [1.82, 2.24) is 20.2 Å². The van der Waals surface area contributed by atoms with Crippen molar-refractivity contribution >= 4 is 0 Å². The van der Waals surface area contributed by atoms with Gasteiger partial charge in [0.25, 0.3) is 5.88 Å². The smallest absolute Gasteiger partial charge is 0.257 e. The number of hydrogen-bond donors (Lipinski definition) is 1. The Labute approximate surface area is 172 Å². The zero-order valence-corrected chi connectivity index (χ0v) is 17.5. The summed E-state index contributed by atoms with van der Waals surface area (Å²) in [6, 6.07) is 8.83. The van der Waals surface area contributed by atoms with Crippen LogP contribution in [-0.4, -0.2) is 54.3 Å². The van der Waals surface area contributed by atoms with Crippen LogP contribution in [0.5, 0.6) is 17.5 Å². The molecular formula is C22H30N4O3. The van der Waals surface area contributed by atoms with E-state index in [4.69, 9.17) is 19.2 Å². The third-order valence-electron chi connectivity index (χ3n) is 5.65. The number of hydrogen-bond acceptors (Lipinski definition) is 7. The number of nitrogens with one attached hydrogen (secondary N) is 1. The highest BCUT2D eigenvalue weighted by Gasteiger charge is 2.26. The molecule has 2 aromatic heterocycles. The molecule has 1 fully saturated rings. The Balaban J connectivity index is 1.37. The van der Waals surface area contributed by atoms with Crippen molar-refractivity contribution in [2.45, 2.75) is 45.3 Å². The molecule has 7 nitrogen and oxygen atoms in total. The molecule has 4 rings (SSSR count). The third kappa shape index (κ3) is 4.79. The largest absolute Gasteiger partial charge is 0.484 e. The van der Waals surface area contributed by atoms with E-state index < -0.39 is 0 Å². The Bertz CT molecular complexity index is 845. The molecule has 2 aliphatic rings. The van der Waals surface area contributed by atoms with Crippen molar-refractivity contribution in [2.24, 2.45) is 0 Å². The van der Waals surface area contributed by atoms with Crippen LogP contribution in [0.25, 0.3) is 0 Å². The molecule has 1 N–H and O–H groups in total. The molecule has 1 saturated heterocycles. The molecule has 0 amide bonds. The van der Waals surface area contributed by atoms with Crippen LogP contribution in [0.3, 0.4) is 0 Å². The second-order valence-corrected chi connectivity index (χ2v) is 7.79. The third-order valence-corrected chi connectivity index (χ3v) is 5.65. The quantitative estimate of drug-likeness (QED) is 0.802. The van der Waals surface area contributed by atoms with Crippen molar-refractivity contribution in [3.05, 3.63) is 41.2 Å². The number of aromatic nitrogens is 2. The van der Waals surface area contributed by atoms with Gasteiger partial charge in [-0.25, -0.2) is 9.97 Å². The Morgan fingerprint density at radius 1 is 1.24 bits per heavy atom. The van der Waals surface area contributed by atoms with Crippen LogP contribution in [0.15, 0.2) is 24.3 Å². The maximum atomic E-state index is 5.66. The molecule has 0 aromatic carbocycles. The summed E-state index contributed by atoms with van der Waals surface area (Å²) < 4.78 is 16.5. The van der Waals surface area contributed by atoms with E-state index in [1.165, 1.54) is 18.4 Å². The summed E-state index contributed by atoms with van der Waals surface area (Å²) in [5.41, 5.74) is 3.21. The average molecular weight is 399 g/mol. The standard InChI is InChI=1S/C22H30N4O3/c1-15-11-17(12-21(24-15)27-3)13-23-18-5-4-8-26(14-18)16(2)19-6-7-20-22(25-19)29-10-9-28-20/h6-7,11-12,16,18,23H,4-5,8-10,13-14H2,1-3H3/t16?,18-/m0/s1. The molecular weight excluding hydrogens is 368 g/mol. The molecule has 7 heteroatoms. The number of likely N-dealkylation sites (tertiary alicyclic amines) is 1. The van der Waals surface area contributed by atoms with Crippen LogP contribution in [0.4, 0.5) is 0 Å². The van der Waals surface area contributed by atoms with E-state index in [9.17, 15) is 0 Å². The second-order valence-electron chi connectivity index (χ2n) is 7.79. The summed E-state index contributed by atoms with van der Waals surface area (Å²) in [4.78, 5) is 11.6. The highest BCUT2D eigenvalue weighted by Crippen LogP contribution is 2.31. The Morgan fingerprint density at radius 3 is 2.97 bits per heavy atom. The number of rotatable bonds is 6. The van der Waals surface area contributed by atoms with Gasteiger partial charge in [0.15, 0.2) is 5.75 Å². The highest BCUT2D eigenvalue weighted by atomic mass is 16.6. The number of methoxy groups -OCH3 is 1. The van der Waals surface area contributed by atoms with E-state index in [-0.39, 0.29) is 6.04 Å². The van der Waals surface area contributed by atoms with E-state index >= 15 is 0 Å². The lowest BCUT2D eigenvalue weighted by molar-refractivity contribution is 0.138. The van der Waals surface area contributed by atoms with Crippen LogP contribution in [0, 0.1) is 6.92 Å². The van der Waals surface area contributed by atoms with Crippen LogP contribution >= 0.6 is 0 Å². The summed E-state index contributed by atoms with van der Waals surface area (Å²) in [6.45, 7) is 8.26. The van der Waals surface area contributed by atoms with Crippen molar-refractivity contribution in [3.8, 4) is 17.5 Å². The molecule has 156 valence electrons. The maximum Gasteiger partial charge on any atom is 0.257 e. The van der Waals surface area contributed by atoms with Crippen LogP contribution in [0.1, 0.15) is 42.8 Å². The minimum Gasteiger partial charge on any atom is -0.484 e. The van der Waals surface area contributed by atoms with Crippen molar-refractivity contribution < 1.29 is 14.2 Å². The fraction of sp³-hybridized carbons (Fsp3) is 0.545. The van der Waals surface area contributed by atoms with Gasteiger partial charge in [-0.2, -0.15) is 0 Å². The summed E-state index contributed by atoms with van der Waals surface area (Å²) in [6.07, 6.45) is 2.35. The SMILES string of the molecule is COc1cc(CN[C@H]2CCCN(C(C)c3ccc4c(n3)OCCO4)C2)cc(C)n1. The maximum absolute atomic E-state index is 5.66. The number of pyridine rings is 2. The zero-order valence-electron chi connectivity index (χ0n) is 17.5. The van der Waals surface area contributed by atoms with Crippen molar-refractivity contribution in [3.63, 3.8) is 0 Å². The average Bonchev–Trinajstić information content (AvgIpc) is 2.76. The summed E-state index contributed by atoms with van der Waals surface area (Å²) in [5, 5.41) is 3.71. The monoisotopic (exact) mass is 398 g/mol. The molecule has 4 heterocycles. The molecule has 0 bridgehead atoms. The van der Waals surface area contributed by atoms with Gasteiger partial charge in [0.1, 0.15) is 13.2 Å². The van der Waals surface area contributed by atoms with E-state index in [0.717, 1.165) is 36.8 Å². The molecule has 0 saturated carbocycles. The zero-order chi connectivity index (χ0) is 20.2. The van der Waals surface area contributed by atoms with Crippen molar-refractivity contribution in [1.29, 1.82) is 0 Å². The molecule has 29 heavy (non-hydrogen) atoms. The first-order valence-electron chi connectivity index (χ1n) is 10.4. The normalized spacial score (nSPS) is 20.3. The van der Waals surface area contributed by atoms with Gasteiger partial charge in [-0.15, -0.1) is 0 Å². The van der Waals surface area contributed by atoms with E-state index in [0.29, 0.717) is 31.0 Å². The Hall–Kier alpha value is -2.38. The summed E-state index contributed by atoms with van der Waals surface area (Å²) >= 11 is 0. The van der Waals surface area contributed by atoms with Crippen LogP contribution in [-0.2, 0) is 6.54 Å². The van der Waals surface area contributed by atoms with E-state index in [2.05, 4.69) is 34.3 Å². The van der Waals surface area contributed by atoms with E-state index in [1.54, 1.807) is 7.11 Å². The predicted octanol–water partition coefficient (Wildman–Crippen LogP) is 2.88. The number of aryl methyl sites for hydroxylation is 1. The topological polar surface area (TPSA) is 68.7 Å². The molecule has 0 aliphatic carbocycles. The molecule has 1 unspecified atom stereocenters. The van der Waals surface area contributed by atoms with Crippen LogP contribution < -0.4 is 19.5 Å². The number of nitrogens with zero attached hydrogens (tertiary/aromatic N) is 3. The first kappa shape index (κ1) is 19.9. The molecule has 2 aromatic rings. The molecule has 0 radical (unpaired) electrons. The Morgan fingerprint density at radius 2 is 2.10 bits per heavy atom. The van der Waals surface area contributed by atoms with Gasteiger partial charge in [-0.1, -0.05) is 0 Å². The van der Waals surface area contributed by atoms with Crippen LogP contribution in [0.2, 0.25) is 0 Å². The van der Waals surface area contributed by atoms with Gasteiger partial charge in [0.05, 0.1) is 12.8 Å². The lowest BCUT2D eigenvalue weighted by Crippen LogP contribution is -2.46. The van der Waals surface area contributed by atoms with E-state index in [1.807, 2.05) is 19.1 Å². The lowest BCUT2D eigenvalue weighted by atomic mass is 10.0. The first-order chi connectivity index (χ1) is 14.1. The number of ether oxygens (including phenoxy) is 3. The second kappa shape index (κ2) is 8.97.